The molecule has 0 unspecified atom stereocenters. The third-order valence-electron chi connectivity index (χ3n) is 2.52. The first-order chi connectivity index (χ1) is 9.10. The van der Waals surface area contributed by atoms with Gasteiger partial charge in [-0.3, -0.25) is 0 Å². The van der Waals surface area contributed by atoms with E-state index in [1.54, 1.807) is 31.2 Å². The molecule has 0 amide bonds. The minimum atomic E-state index is -0.972. The molecule has 5 nitrogen and oxygen atoms in total. The van der Waals surface area contributed by atoms with Gasteiger partial charge in [0.25, 0.3) is 0 Å². The van der Waals surface area contributed by atoms with Gasteiger partial charge in [0.05, 0.1) is 11.1 Å². The molecule has 0 aliphatic heterocycles. The van der Waals surface area contributed by atoms with Crippen LogP contribution >= 0.6 is 0 Å². The van der Waals surface area contributed by atoms with Crippen LogP contribution in [0.5, 0.6) is 11.6 Å². The molecule has 2 rings (SSSR count). The first kappa shape index (κ1) is 12.6. The van der Waals surface area contributed by atoms with Crippen LogP contribution in [0.4, 0.5) is 0 Å². The lowest BCUT2D eigenvalue weighted by atomic mass is 10.1. The third kappa shape index (κ3) is 2.87. The van der Waals surface area contributed by atoms with Crippen molar-refractivity contribution in [3.63, 3.8) is 0 Å². The highest BCUT2D eigenvalue weighted by molar-refractivity contribution is 5.89. The number of aromatic nitrogens is 1. The van der Waals surface area contributed by atoms with E-state index in [1.807, 2.05) is 6.07 Å². The number of carboxylic acids is 1. The fourth-order valence-corrected chi connectivity index (χ4v) is 1.57. The maximum atomic E-state index is 10.9. The molecule has 0 saturated heterocycles. The third-order valence-corrected chi connectivity index (χ3v) is 2.52. The molecule has 19 heavy (non-hydrogen) atoms. The summed E-state index contributed by atoms with van der Waals surface area (Å²) in [7, 11) is 0. The number of carboxylic acid groups (broad SMARTS) is 1. The van der Waals surface area contributed by atoms with Gasteiger partial charge in [-0.1, -0.05) is 0 Å². The van der Waals surface area contributed by atoms with Crippen LogP contribution in [-0.4, -0.2) is 16.1 Å². The average Bonchev–Trinajstić information content (AvgIpc) is 2.39. The van der Waals surface area contributed by atoms with Gasteiger partial charge in [-0.15, -0.1) is 0 Å². The fourth-order valence-electron chi connectivity index (χ4n) is 1.57. The predicted octanol–water partition coefficient (Wildman–Crippen LogP) is 2.75. The van der Waals surface area contributed by atoms with Gasteiger partial charge < -0.3 is 9.84 Å². The summed E-state index contributed by atoms with van der Waals surface area (Å²) in [6.45, 7) is 1.70. The first-order valence-corrected chi connectivity index (χ1v) is 5.48. The summed E-state index contributed by atoms with van der Waals surface area (Å²) in [6.07, 6.45) is 1.41. The molecule has 1 N–H and O–H groups in total. The Kier molecular flexibility index (Phi) is 3.44. The monoisotopic (exact) mass is 254 g/mol. The van der Waals surface area contributed by atoms with Gasteiger partial charge in [-0.25, -0.2) is 9.78 Å². The van der Waals surface area contributed by atoms with Crippen LogP contribution in [0.3, 0.4) is 0 Å². The summed E-state index contributed by atoms with van der Waals surface area (Å²) in [5, 5.41) is 17.6. The van der Waals surface area contributed by atoms with Gasteiger partial charge in [-0.05, 0) is 36.8 Å². The SMILES string of the molecule is Cc1cc(Oc2ccc(C#N)cn2)ccc1C(=O)O. The molecule has 0 radical (unpaired) electrons. The number of hydrogen-bond donors (Lipinski definition) is 1. The van der Waals surface area contributed by atoms with Gasteiger partial charge in [0, 0.05) is 12.3 Å². The second-order valence-corrected chi connectivity index (χ2v) is 3.88. The van der Waals surface area contributed by atoms with E-state index in [9.17, 15) is 4.79 Å². The van der Waals surface area contributed by atoms with Gasteiger partial charge in [0.2, 0.25) is 5.88 Å². The molecule has 0 atom stereocenters. The van der Waals surface area contributed by atoms with E-state index in [1.165, 1.54) is 12.3 Å². The number of aromatic carboxylic acids is 1. The molecule has 5 heteroatoms. The maximum Gasteiger partial charge on any atom is 0.335 e. The lowest BCUT2D eigenvalue weighted by Crippen LogP contribution is -1.99. The van der Waals surface area contributed by atoms with Gasteiger partial charge >= 0.3 is 5.97 Å². The molecule has 94 valence electrons. The molecular weight excluding hydrogens is 244 g/mol. The van der Waals surface area contributed by atoms with E-state index in [0.29, 0.717) is 22.8 Å². The number of nitrogens with zero attached hydrogens (tertiary/aromatic N) is 2. The van der Waals surface area contributed by atoms with E-state index in [-0.39, 0.29) is 5.56 Å². The molecule has 0 aliphatic rings. The molecule has 0 saturated carbocycles. The summed E-state index contributed by atoms with van der Waals surface area (Å²) in [5.41, 5.74) is 1.29. The molecule has 0 bridgehead atoms. The summed E-state index contributed by atoms with van der Waals surface area (Å²) < 4.78 is 5.48. The molecule has 1 heterocycles. The molecule has 1 aromatic heterocycles. The smallest absolute Gasteiger partial charge is 0.335 e. The minimum absolute atomic E-state index is 0.236. The maximum absolute atomic E-state index is 10.9. The fraction of sp³-hybridized carbons (Fsp3) is 0.0714. The van der Waals surface area contributed by atoms with Gasteiger partial charge in [-0.2, -0.15) is 5.26 Å². The highest BCUT2D eigenvalue weighted by Gasteiger charge is 2.08. The zero-order valence-electron chi connectivity index (χ0n) is 10.1. The van der Waals surface area contributed by atoms with Crippen molar-refractivity contribution in [2.24, 2.45) is 0 Å². The quantitative estimate of drug-likeness (QED) is 0.910. The number of hydrogen-bond acceptors (Lipinski definition) is 4. The minimum Gasteiger partial charge on any atom is -0.478 e. The van der Waals surface area contributed by atoms with E-state index >= 15 is 0 Å². The number of pyridine rings is 1. The Morgan fingerprint density at radius 1 is 1.37 bits per heavy atom. The zero-order valence-corrected chi connectivity index (χ0v) is 10.1. The van der Waals surface area contributed by atoms with E-state index in [0.717, 1.165) is 0 Å². The standard InChI is InChI=1S/C14H10N2O3/c1-9-6-11(3-4-12(9)14(17)18)19-13-5-2-10(7-15)8-16-13/h2-6,8H,1H3,(H,17,18). The van der Waals surface area contributed by atoms with Crippen LogP contribution < -0.4 is 4.74 Å². The van der Waals surface area contributed by atoms with Crippen molar-refractivity contribution < 1.29 is 14.6 Å². The predicted molar refractivity (Wildman–Crippen MR) is 67.2 cm³/mol. The first-order valence-electron chi connectivity index (χ1n) is 5.48. The molecule has 2 aromatic rings. The van der Waals surface area contributed by atoms with Crippen LogP contribution in [-0.2, 0) is 0 Å². The Labute approximate surface area is 109 Å². The topological polar surface area (TPSA) is 83.2 Å². The van der Waals surface area contributed by atoms with Crippen LogP contribution in [0.15, 0.2) is 36.5 Å². The average molecular weight is 254 g/mol. The van der Waals surface area contributed by atoms with E-state index in [2.05, 4.69) is 4.98 Å². The largest absolute Gasteiger partial charge is 0.478 e. The van der Waals surface area contributed by atoms with Crippen molar-refractivity contribution in [3.05, 3.63) is 53.2 Å². The number of ether oxygens (including phenoxy) is 1. The second-order valence-electron chi connectivity index (χ2n) is 3.88. The van der Waals surface area contributed by atoms with Gasteiger partial charge in [0.1, 0.15) is 11.8 Å². The molecular formula is C14H10N2O3. The summed E-state index contributed by atoms with van der Waals surface area (Å²) in [4.78, 5) is 14.8. The lowest BCUT2D eigenvalue weighted by Gasteiger charge is -2.07. The highest BCUT2D eigenvalue weighted by atomic mass is 16.5. The number of rotatable bonds is 3. The number of nitriles is 1. The van der Waals surface area contributed by atoms with E-state index < -0.39 is 5.97 Å². The summed E-state index contributed by atoms with van der Waals surface area (Å²) >= 11 is 0. The molecule has 0 spiro atoms. The normalized spacial score (nSPS) is 9.68. The lowest BCUT2D eigenvalue weighted by molar-refractivity contribution is 0.0696. The second kappa shape index (κ2) is 5.19. The number of aryl methyl sites for hydroxylation is 1. The van der Waals surface area contributed by atoms with Crippen molar-refractivity contribution in [1.82, 2.24) is 4.98 Å². The van der Waals surface area contributed by atoms with Gasteiger partial charge in [0.15, 0.2) is 0 Å². The summed E-state index contributed by atoms with van der Waals surface area (Å²) in [5.74, 6) is -0.123. The van der Waals surface area contributed by atoms with Crippen LogP contribution in [0.1, 0.15) is 21.5 Å². The van der Waals surface area contributed by atoms with Crippen LogP contribution in [0.25, 0.3) is 0 Å². The molecule has 0 fully saturated rings. The zero-order chi connectivity index (χ0) is 13.8. The molecule has 0 aliphatic carbocycles. The Balaban J connectivity index is 2.21. The molecule has 1 aromatic carbocycles. The van der Waals surface area contributed by atoms with Crippen molar-refractivity contribution in [3.8, 4) is 17.7 Å². The van der Waals surface area contributed by atoms with Crippen molar-refractivity contribution in [1.29, 1.82) is 5.26 Å². The van der Waals surface area contributed by atoms with Crippen molar-refractivity contribution >= 4 is 5.97 Å². The number of benzene rings is 1. The number of carbonyl (C=O) groups is 1. The Morgan fingerprint density at radius 2 is 2.16 bits per heavy atom. The van der Waals surface area contributed by atoms with Crippen molar-refractivity contribution in [2.45, 2.75) is 6.92 Å². The van der Waals surface area contributed by atoms with Crippen LogP contribution in [0, 0.1) is 18.3 Å². The van der Waals surface area contributed by atoms with E-state index in [4.69, 9.17) is 15.1 Å². The Bertz CT molecular complexity index is 657. The Morgan fingerprint density at radius 3 is 2.68 bits per heavy atom. The van der Waals surface area contributed by atoms with Crippen LogP contribution in [0.2, 0.25) is 0 Å². The Hall–Kier alpha value is -2.87. The summed E-state index contributed by atoms with van der Waals surface area (Å²) in [6, 6.07) is 9.82. The highest BCUT2D eigenvalue weighted by Crippen LogP contribution is 2.22. The van der Waals surface area contributed by atoms with Crippen molar-refractivity contribution in [2.75, 3.05) is 0 Å².